The van der Waals surface area contributed by atoms with E-state index in [0.29, 0.717) is 28.6 Å². The molecule has 0 aromatic heterocycles. The molecule has 0 saturated carbocycles. The van der Waals surface area contributed by atoms with Gasteiger partial charge in [0.15, 0.2) is 0 Å². The van der Waals surface area contributed by atoms with Gasteiger partial charge in [0.1, 0.15) is 0 Å². The Hall–Kier alpha value is -1.03. The molecule has 0 aliphatic rings. The summed E-state index contributed by atoms with van der Waals surface area (Å²) >= 11 is 11.8. The lowest BCUT2D eigenvalue weighted by Crippen LogP contribution is -2.26. The lowest BCUT2D eigenvalue weighted by molar-refractivity contribution is -0.116. The first kappa shape index (κ1) is 16.0. The third-order valence-electron chi connectivity index (χ3n) is 2.62. The minimum Gasteiger partial charge on any atom is -0.396 e. The highest BCUT2D eigenvalue weighted by molar-refractivity contribution is 6.34. The van der Waals surface area contributed by atoms with Crippen LogP contribution in [0.1, 0.15) is 18.9 Å². The summed E-state index contributed by atoms with van der Waals surface area (Å²) in [4.78, 5) is 11.6. The summed E-state index contributed by atoms with van der Waals surface area (Å²) < 4.78 is 0. The van der Waals surface area contributed by atoms with Crippen LogP contribution >= 0.6 is 23.2 Å². The van der Waals surface area contributed by atoms with Crippen molar-refractivity contribution in [2.45, 2.75) is 13.3 Å². The van der Waals surface area contributed by atoms with Gasteiger partial charge in [0.05, 0.1) is 0 Å². The predicted molar refractivity (Wildman–Crippen MR) is 79.4 cm³/mol. The second kappa shape index (κ2) is 8.20. The number of aliphatic hydroxyl groups is 1. The van der Waals surface area contributed by atoms with Gasteiger partial charge in [0, 0.05) is 29.3 Å². The molecule has 0 aliphatic heterocycles. The van der Waals surface area contributed by atoms with Crippen molar-refractivity contribution in [3.63, 3.8) is 0 Å². The maximum atomic E-state index is 11.6. The summed E-state index contributed by atoms with van der Waals surface area (Å²) in [6.07, 6.45) is 3.72. The fraction of sp³-hybridized carbons (Fsp3) is 0.357. The summed E-state index contributed by atoms with van der Waals surface area (Å²) in [5, 5.41) is 12.6. The van der Waals surface area contributed by atoms with E-state index < -0.39 is 0 Å². The molecule has 1 aromatic carbocycles. The van der Waals surface area contributed by atoms with Gasteiger partial charge in [-0.15, -0.1) is 0 Å². The maximum absolute atomic E-state index is 11.6. The van der Waals surface area contributed by atoms with Crippen LogP contribution in [0, 0.1) is 5.92 Å². The smallest absolute Gasteiger partial charge is 0.244 e. The van der Waals surface area contributed by atoms with E-state index in [-0.39, 0.29) is 18.4 Å². The van der Waals surface area contributed by atoms with Crippen LogP contribution in [0.15, 0.2) is 24.3 Å². The van der Waals surface area contributed by atoms with Gasteiger partial charge >= 0.3 is 0 Å². The molecule has 0 spiro atoms. The zero-order chi connectivity index (χ0) is 14.3. The quantitative estimate of drug-likeness (QED) is 0.793. The number of nitrogens with one attached hydrogen (secondary N) is 1. The molecule has 104 valence electrons. The van der Waals surface area contributed by atoms with Crippen molar-refractivity contribution in [1.82, 2.24) is 5.32 Å². The molecule has 0 radical (unpaired) electrons. The zero-order valence-corrected chi connectivity index (χ0v) is 12.2. The summed E-state index contributed by atoms with van der Waals surface area (Å²) in [6.45, 7) is 2.63. The molecule has 19 heavy (non-hydrogen) atoms. The highest BCUT2D eigenvalue weighted by Gasteiger charge is 2.03. The maximum Gasteiger partial charge on any atom is 0.244 e. The monoisotopic (exact) mass is 301 g/mol. The summed E-state index contributed by atoms with van der Waals surface area (Å²) in [7, 11) is 0. The van der Waals surface area contributed by atoms with Crippen LogP contribution in [-0.2, 0) is 4.79 Å². The second-order valence-corrected chi connectivity index (χ2v) is 5.21. The fourth-order valence-electron chi connectivity index (χ4n) is 1.46. The van der Waals surface area contributed by atoms with E-state index in [9.17, 15) is 4.79 Å². The number of aliphatic hydroxyl groups excluding tert-OH is 1. The summed E-state index contributed by atoms with van der Waals surface area (Å²) in [5.41, 5.74) is 0.702. The van der Waals surface area contributed by atoms with Crippen LogP contribution in [0.4, 0.5) is 0 Å². The van der Waals surface area contributed by atoms with Gasteiger partial charge in [0.25, 0.3) is 0 Å². The van der Waals surface area contributed by atoms with Crippen molar-refractivity contribution in [2.24, 2.45) is 5.92 Å². The number of carbonyl (C=O) groups excluding carboxylic acids is 1. The number of hydrogen-bond donors (Lipinski definition) is 2. The third-order valence-corrected chi connectivity index (χ3v) is 3.20. The SMILES string of the molecule is CC(CCO)CNC(=O)C=Cc1cc(Cl)ccc1Cl. The minimum absolute atomic E-state index is 0.130. The van der Waals surface area contributed by atoms with Crippen LogP contribution in [0.2, 0.25) is 10.0 Å². The highest BCUT2D eigenvalue weighted by Crippen LogP contribution is 2.21. The standard InChI is InChI=1S/C14H17Cl2NO2/c1-10(6-7-18)9-17-14(19)5-2-11-8-12(15)3-4-13(11)16/h2-5,8,10,18H,6-7,9H2,1H3,(H,17,19). The van der Waals surface area contributed by atoms with E-state index in [1.54, 1.807) is 24.3 Å². The first-order valence-electron chi connectivity index (χ1n) is 6.04. The number of hydrogen-bond acceptors (Lipinski definition) is 2. The Morgan fingerprint density at radius 1 is 1.47 bits per heavy atom. The Labute approximate surface area is 123 Å². The summed E-state index contributed by atoms with van der Waals surface area (Å²) in [5.74, 6) is 0.0536. The van der Waals surface area contributed by atoms with Crippen molar-refractivity contribution in [2.75, 3.05) is 13.2 Å². The average Bonchev–Trinajstić information content (AvgIpc) is 2.38. The Balaban J connectivity index is 2.52. The second-order valence-electron chi connectivity index (χ2n) is 4.36. The normalized spacial score (nSPS) is 12.6. The van der Waals surface area contributed by atoms with Crippen LogP contribution in [0.25, 0.3) is 6.08 Å². The van der Waals surface area contributed by atoms with E-state index in [1.165, 1.54) is 6.08 Å². The molecule has 0 heterocycles. The molecular weight excluding hydrogens is 285 g/mol. The molecule has 1 rings (SSSR count). The summed E-state index contributed by atoms with van der Waals surface area (Å²) in [6, 6.07) is 5.07. The van der Waals surface area contributed by atoms with E-state index in [1.807, 2.05) is 6.92 Å². The largest absolute Gasteiger partial charge is 0.396 e. The lowest BCUT2D eigenvalue weighted by atomic mass is 10.1. The van der Waals surface area contributed by atoms with Gasteiger partial charge in [-0.25, -0.2) is 0 Å². The number of benzene rings is 1. The Morgan fingerprint density at radius 3 is 2.89 bits per heavy atom. The number of halogens is 2. The Morgan fingerprint density at radius 2 is 2.21 bits per heavy atom. The van der Waals surface area contributed by atoms with Crippen molar-refractivity contribution in [3.05, 3.63) is 39.9 Å². The molecule has 5 heteroatoms. The molecule has 3 nitrogen and oxygen atoms in total. The van der Waals surface area contributed by atoms with Gasteiger partial charge < -0.3 is 10.4 Å². The van der Waals surface area contributed by atoms with Gasteiger partial charge in [0.2, 0.25) is 5.91 Å². The molecule has 0 bridgehead atoms. The first-order chi connectivity index (χ1) is 9.02. The lowest BCUT2D eigenvalue weighted by Gasteiger charge is -2.09. The predicted octanol–water partition coefficient (Wildman–Crippen LogP) is 3.14. The Bertz CT molecular complexity index is 461. The molecule has 0 aliphatic carbocycles. The number of rotatable bonds is 6. The van der Waals surface area contributed by atoms with E-state index in [4.69, 9.17) is 28.3 Å². The molecule has 2 N–H and O–H groups in total. The van der Waals surface area contributed by atoms with E-state index in [0.717, 1.165) is 0 Å². The molecule has 1 unspecified atom stereocenters. The number of amides is 1. The molecule has 0 saturated heterocycles. The van der Waals surface area contributed by atoms with E-state index in [2.05, 4.69) is 5.32 Å². The van der Waals surface area contributed by atoms with Crippen molar-refractivity contribution < 1.29 is 9.90 Å². The van der Waals surface area contributed by atoms with Crippen LogP contribution in [0.3, 0.4) is 0 Å². The van der Waals surface area contributed by atoms with Gasteiger partial charge in [-0.1, -0.05) is 30.1 Å². The van der Waals surface area contributed by atoms with E-state index >= 15 is 0 Å². The van der Waals surface area contributed by atoms with Gasteiger partial charge in [-0.2, -0.15) is 0 Å². The van der Waals surface area contributed by atoms with Gasteiger partial charge in [-0.05, 0) is 42.2 Å². The van der Waals surface area contributed by atoms with Crippen molar-refractivity contribution in [1.29, 1.82) is 0 Å². The number of carbonyl (C=O) groups is 1. The van der Waals surface area contributed by atoms with Crippen LogP contribution in [-0.4, -0.2) is 24.2 Å². The fourth-order valence-corrected chi connectivity index (χ4v) is 1.83. The minimum atomic E-state index is -0.194. The molecule has 1 aromatic rings. The zero-order valence-electron chi connectivity index (χ0n) is 10.7. The molecule has 1 amide bonds. The van der Waals surface area contributed by atoms with Crippen LogP contribution in [0.5, 0.6) is 0 Å². The molecule has 0 fully saturated rings. The van der Waals surface area contributed by atoms with Crippen molar-refractivity contribution >= 4 is 35.2 Å². The Kier molecular flexibility index (Phi) is 6.92. The average molecular weight is 302 g/mol. The highest BCUT2D eigenvalue weighted by atomic mass is 35.5. The van der Waals surface area contributed by atoms with Gasteiger partial charge in [-0.3, -0.25) is 4.79 Å². The molecule has 1 atom stereocenters. The molecular formula is C14H17Cl2NO2. The van der Waals surface area contributed by atoms with Crippen LogP contribution < -0.4 is 5.32 Å². The van der Waals surface area contributed by atoms with Crippen molar-refractivity contribution in [3.8, 4) is 0 Å². The third kappa shape index (κ3) is 6.10. The topological polar surface area (TPSA) is 49.3 Å². The first-order valence-corrected chi connectivity index (χ1v) is 6.80.